The van der Waals surface area contributed by atoms with Crippen LogP contribution in [0.5, 0.6) is 0 Å². The topological polar surface area (TPSA) is 55.4 Å². The van der Waals surface area contributed by atoms with Crippen molar-refractivity contribution in [3.05, 3.63) is 16.0 Å². The average molecular weight is 269 g/mol. The second-order valence-corrected chi connectivity index (χ2v) is 5.38. The zero-order chi connectivity index (χ0) is 13.7. The lowest BCUT2D eigenvalue weighted by molar-refractivity contribution is -0.114. The van der Waals surface area contributed by atoms with E-state index in [1.807, 2.05) is 20.8 Å². The number of unbranched alkanes of at least 4 members (excludes halogenated alkanes) is 1. The molecule has 5 heteroatoms. The summed E-state index contributed by atoms with van der Waals surface area (Å²) in [7, 11) is 0. The van der Waals surface area contributed by atoms with Crippen molar-refractivity contribution >= 4 is 28.2 Å². The van der Waals surface area contributed by atoms with Crippen LogP contribution >= 0.6 is 11.3 Å². The van der Waals surface area contributed by atoms with E-state index in [0.29, 0.717) is 17.2 Å². The van der Waals surface area contributed by atoms with Gasteiger partial charge in [-0.3, -0.25) is 4.79 Å². The molecular weight excluding hydrogens is 250 g/mol. The van der Waals surface area contributed by atoms with Crippen LogP contribution in [0.3, 0.4) is 0 Å². The first-order chi connectivity index (χ1) is 8.47. The maximum atomic E-state index is 12.0. The molecule has 0 aliphatic heterocycles. The van der Waals surface area contributed by atoms with E-state index < -0.39 is 0 Å². The number of hydrogen-bond acceptors (Lipinski definition) is 4. The molecule has 1 aromatic rings. The van der Waals surface area contributed by atoms with Crippen molar-refractivity contribution in [2.75, 3.05) is 11.9 Å². The summed E-state index contributed by atoms with van der Waals surface area (Å²) in [5.74, 6) is -0.534. The number of carbonyl (C=O) groups is 2. The third-order valence-corrected chi connectivity index (χ3v) is 3.73. The van der Waals surface area contributed by atoms with Crippen LogP contribution in [0.2, 0.25) is 0 Å². The van der Waals surface area contributed by atoms with E-state index in [2.05, 4.69) is 5.32 Å². The first-order valence-electron chi connectivity index (χ1n) is 6.02. The first-order valence-corrected chi connectivity index (χ1v) is 6.83. The molecule has 0 unspecified atom stereocenters. The molecule has 0 radical (unpaired) electrons. The number of amides is 1. The smallest absolute Gasteiger partial charge is 0.341 e. The number of nitrogens with one attached hydrogen (secondary N) is 1. The van der Waals surface area contributed by atoms with E-state index in [-0.39, 0.29) is 11.9 Å². The highest BCUT2D eigenvalue weighted by atomic mass is 32.1. The van der Waals surface area contributed by atoms with Crippen molar-refractivity contribution in [1.82, 2.24) is 0 Å². The van der Waals surface area contributed by atoms with Gasteiger partial charge in [0.2, 0.25) is 5.91 Å². The van der Waals surface area contributed by atoms with Crippen LogP contribution in [0.15, 0.2) is 0 Å². The third kappa shape index (κ3) is 3.57. The molecule has 100 valence electrons. The quantitative estimate of drug-likeness (QED) is 0.659. The number of aryl methyl sites for hydroxylation is 1. The number of ether oxygens (including phenoxy) is 1. The number of carbonyl (C=O) groups excluding carboxylic acids is 2. The largest absolute Gasteiger partial charge is 0.462 e. The monoisotopic (exact) mass is 269 g/mol. The Kier molecular flexibility index (Phi) is 5.34. The van der Waals surface area contributed by atoms with Crippen molar-refractivity contribution in [1.29, 1.82) is 0 Å². The van der Waals surface area contributed by atoms with Crippen LogP contribution in [-0.2, 0) is 9.53 Å². The lowest BCUT2D eigenvalue weighted by Crippen LogP contribution is -2.12. The van der Waals surface area contributed by atoms with E-state index in [1.54, 1.807) is 0 Å². The van der Waals surface area contributed by atoms with Gasteiger partial charge < -0.3 is 10.1 Å². The number of anilines is 1. The minimum absolute atomic E-state index is 0.182. The molecule has 0 fully saturated rings. The summed E-state index contributed by atoms with van der Waals surface area (Å²) in [6.45, 7) is 7.68. The van der Waals surface area contributed by atoms with Gasteiger partial charge in [0.05, 0.1) is 12.2 Å². The summed E-state index contributed by atoms with van der Waals surface area (Å²) in [5, 5.41) is 3.27. The number of rotatable bonds is 5. The van der Waals surface area contributed by atoms with E-state index in [1.165, 1.54) is 18.3 Å². The average Bonchev–Trinajstić information content (AvgIpc) is 2.54. The van der Waals surface area contributed by atoms with E-state index in [4.69, 9.17) is 4.74 Å². The third-order valence-electron chi connectivity index (χ3n) is 2.61. The lowest BCUT2D eigenvalue weighted by atomic mass is 10.1. The van der Waals surface area contributed by atoms with Gasteiger partial charge in [0.1, 0.15) is 5.00 Å². The summed E-state index contributed by atoms with van der Waals surface area (Å²) < 4.78 is 5.20. The van der Waals surface area contributed by atoms with Crippen molar-refractivity contribution in [3.63, 3.8) is 0 Å². The van der Waals surface area contributed by atoms with Crippen LogP contribution < -0.4 is 5.32 Å². The molecule has 0 saturated carbocycles. The standard InChI is InChI=1S/C13H19NO3S/c1-5-6-7-17-13(16)11-8(2)9(3)18-12(11)14-10(4)15/h5-7H2,1-4H3,(H,14,15). The van der Waals surface area contributed by atoms with Gasteiger partial charge >= 0.3 is 5.97 Å². The van der Waals surface area contributed by atoms with Gasteiger partial charge in [-0.15, -0.1) is 11.3 Å². The maximum absolute atomic E-state index is 12.0. The highest BCUT2D eigenvalue weighted by molar-refractivity contribution is 7.16. The molecule has 18 heavy (non-hydrogen) atoms. The number of esters is 1. The van der Waals surface area contributed by atoms with Gasteiger partial charge in [0.25, 0.3) is 0 Å². The van der Waals surface area contributed by atoms with Gasteiger partial charge in [-0.05, 0) is 25.8 Å². The molecule has 0 atom stereocenters. The molecule has 0 aliphatic carbocycles. The molecule has 1 heterocycles. The second kappa shape index (κ2) is 6.54. The van der Waals surface area contributed by atoms with Crippen LogP contribution in [0.25, 0.3) is 0 Å². The van der Waals surface area contributed by atoms with Crippen LogP contribution in [0, 0.1) is 13.8 Å². The fourth-order valence-corrected chi connectivity index (χ4v) is 2.60. The minimum Gasteiger partial charge on any atom is -0.462 e. The van der Waals surface area contributed by atoms with Gasteiger partial charge in [0, 0.05) is 11.8 Å². The summed E-state index contributed by atoms with van der Waals surface area (Å²) in [4.78, 5) is 24.1. The molecule has 1 amide bonds. The van der Waals surface area contributed by atoms with Crippen molar-refractivity contribution in [3.8, 4) is 0 Å². The van der Waals surface area contributed by atoms with E-state index >= 15 is 0 Å². The molecule has 0 saturated heterocycles. The Morgan fingerprint density at radius 1 is 1.33 bits per heavy atom. The SMILES string of the molecule is CCCCOC(=O)c1c(NC(C)=O)sc(C)c1C. The fourth-order valence-electron chi connectivity index (χ4n) is 1.50. The Bertz CT molecular complexity index is 451. The minimum atomic E-state index is -0.353. The molecule has 4 nitrogen and oxygen atoms in total. The fraction of sp³-hybridized carbons (Fsp3) is 0.538. The first kappa shape index (κ1) is 14.7. The van der Waals surface area contributed by atoms with Crippen molar-refractivity contribution < 1.29 is 14.3 Å². The second-order valence-electron chi connectivity index (χ2n) is 4.16. The zero-order valence-corrected chi connectivity index (χ0v) is 12.1. The predicted molar refractivity (Wildman–Crippen MR) is 73.3 cm³/mol. The van der Waals surface area contributed by atoms with E-state index in [0.717, 1.165) is 23.3 Å². The molecule has 0 aliphatic rings. The lowest BCUT2D eigenvalue weighted by Gasteiger charge is -2.06. The summed E-state index contributed by atoms with van der Waals surface area (Å²) >= 11 is 1.40. The Balaban J connectivity index is 2.91. The van der Waals surface area contributed by atoms with Crippen molar-refractivity contribution in [2.24, 2.45) is 0 Å². The van der Waals surface area contributed by atoms with Gasteiger partial charge in [-0.25, -0.2) is 4.79 Å². The zero-order valence-electron chi connectivity index (χ0n) is 11.3. The highest BCUT2D eigenvalue weighted by Gasteiger charge is 2.21. The van der Waals surface area contributed by atoms with Crippen molar-refractivity contribution in [2.45, 2.75) is 40.5 Å². The maximum Gasteiger partial charge on any atom is 0.341 e. The molecular formula is C13H19NO3S. The van der Waals surface area contributed by atoms with Crippen LogP contribution in [0.4, 0.5) is 5.00 Å². The van der Waals surface area contributed by atoms with Gasteiger partial charge in [-0.2, -0.15) is 0 Å². The Morgan fingerprint density at radius 2 is 2.00 bits per heavy atom. The summed E-state index contributed by atoms with van der Waals surface area (Å²) in [5.41, 5.74) is 1.37. The number of hydrogen-bond donors (Lipinski definition) is 1. The molecule has 0 spiro atoms. The summed E-state index contributed by atoms with van der Waals surface area (Å²) in [6, 6.07) is 0. The molecule has 1 rings (SSSR count). The Morgan fingerprint density at radius 3 is 2.56 bits per heavy atom. The molecule has 0 bridgehead atoms. The predicted octanol–water partition coefficient (Wildman–Crippen LogP) is 3.28. The van der Waals surface area contributed by atoms with Crippen LogP contribution in [0.1, 0.15) is 47.5 Å². The Hall–Kier alpha value is -1.36. The molecule has 1 aromatic heterocycles. The summed E-state index contributed by atoms with van der Waals surface area (Å²) in [6.07, 6.45) is 1.83. The van der Waals surface area contributed by atoms with Gasteiger partial charge in [-0.1, -0.05) is 13.3 Å². The van der Waals surface area contributed by atoms with Gasteiger partial charge in [0.15, 0.2) is 0 Å². The molecule has 1 N–H and O–H groups in total. The van der Waals surface area contributed by atoms with E-state index in [9.17, 15) is 9.59 Å². The normalized spacial score (nSPS) is 10.2. The number of thiophene rings is 1. The van der Waals surface area contributed by atoms with Crippen LogP contribution in [-0.4, -0.2) is 18.5 Å². The highest BCUT2D eigenvalue weighted by Crippen LogP contribution is 2.32. The molecule has 0 aromatic carbocycles. The Labute approximate surface area is 111 Å².